The Balaban J connectivity index is 1.76. The van der Waals surface area contributed by atoms with Gasteiger partial charge >= 0.3 is 6.03 Å². The smallest absolute Gasteiger partial charge is 0.314 e. The molecule has 116 valence electrons. The van der Waals surface area contributed by atoms with Gasteiger partial charge in [0.2, 0.25) is 0 Å². The lowest BCUT2D eigenvalue weighted by Gasteiger charge is -2.37. The number of aliphatic hydroxyl groups is 1. The number of carbonyl (C=O) groups excluding carboxylic acids is 1. The lowest BCUT2D eigenvalue weighted by Crippen LogP contribution is -2.50. The first kappa shape index (κ1) is 16.0. The molecule has 0 bridgehead atoms. The summed E-state index contributed by atoms with van der Waals surface area (Å²) in [7, 11) is 0. The number of ether oxygens (including phenoxy) is 1. The number of hydrogen-bond donors (Lipinski definition) is 3. The molecule has 3 N–H and O–H groups in total. The Bertz CT molecular complexity index is 523. The van der Waals surface area contributed by atoms with Crippen molar-refractivity contribution in [2.45, 2.75) is 13.0 Å². The van der Waals surface area contributed by atoms with Crippen LogP contribution in [0.25, 0.3) is 0 Å². The molecule has 7 heteroatoms. The first-order valence-corrected chi connectivity index (χ1v) is 7.00. The lowest BCUT2D eigenvalue weighted by atomic mass is 9.89. The van der Waals surface area contributed by atoms with Crippen LogP contribution in [0.2, 0.25) is 5.02 Å². The maximum absolute atomic E-state index is 13.3. The SMILES string of the molecule is CC1(CNC(=O)NCC(O)c2ccc(Cl)c(F)c2)COC1. The molecule has 1 aliphatic heterocycles. The van der Waals surface area contributed by atoms with Gasteiger partial charge in [-0.1, -0.05) is 24.6 Å². The van der Waals surface area contributed by atoms with Crippen molar-refractivity contribution >= 4 is 17.6 Å². The van der Waals surface area contributed by atoms with E-state index in [1.54, 1.807) is 0 Å². The van der Waals surface area contributed by atoms with Crippen LogP contribution in [-0.2, 0) is 4.74 Å². The second-order valence-electron chi connectivity index (χ2n) is 5.56. The van der Waals surface area contributed by atoms with Crippen molar-refractivity contribution in [3.63, 3.8) is 0 Å². The van der Waals surface area contributed by atoms with Crippen LogP contribution in [-0.4, -0.2) is 37.4 Å². The number of hydrogen-bond acceptors (Lipinski definition) is 3. The number of aliphatic hydroxyl groups excluding tert-OH is 1. The minimum absolute atomic E-state index is 0.00684. The normalized spacial score (nSPS) is 17.7. The monoisotopic (exact) mass is 316 g/mol. The fourth-order valence-electron chi connectivity index (χ4n) is 1.94. The summed E-state index contributed by atoms with van der Waals surface area (Å²) in [5.41, 5.74) is 0.339. The molecule has 0 aliphatic carbocycles. The van der Waals surface area contributed by atoms with Gasteiger partial charge in [-0.25, -0.2) is 9.18 Å². The van der Waals surface area contributed by atoms with Crippen molar-refractivity contribution in [3.8, 4) is 0 Å². The summed E-state index contributed by atoms with van der Waals surface area (Å²) < 4.78 is 18.4. The molecule has 1 aromatic rings. The summed E-state index contributed by atoms with van der Waals surface area (Å²) in [5.74, 6) is -0.601. The predicted molar refractivity (Wildman–Crippen MR) is 76.7 cm³/mol. The molecule has 1 unspecified atom stereocenters. The maximum atomic E-state index is 13.3. The Hall–Kier alpha value is -1.37. The number of amides is 2. The Labute approximate surface area is 127 Å². The van der Waals surface area contributed by atoms with E-state index in [4.69, 9.17) is 16.3 Å². The molecule has 5 nitrogen and oxygen atoms in total. The van der Waals surface area contributed by atoms with Crippen LogP contribution in [0.1, 0.15) is 18.6 Å². The van der Waals surface area contributed by atoms with Gasteiger partial charge in [0, 0.05) is 18.5 Å². The molecule has 0 spiro atoms. The third kappa shape index (κ3) is 4.30. The highest BCUT2D eigenvalue weighted by Gasteiger charge is 2.33. The first-order chi connectivity index (χ1) is 9.89. The van der Waals surface area contributed by atoms with Crippen LogP contribution in [0.15, 0.2) is 18.2 Å². The van der Waals surface area contributed by atoms with Gasteiger partial charge in [0.15, 0.2) is 0 Å². The van der Waals surface area contributed by atoms with Crippen LogP contribution in [0.4, 0.5) is 9.18 Å². The molecule has 1 atom stereocenters. The number of rotatable bonds is 5. The van der Waals surface area contributed by atoms with Gasteiger partial charge in [-0.15, -0.1) is 0 Å². The number of urea groups is 1. The molecule has 2 rings (SSSR count). The highest BCUT2D eigenvalue weighted by Crippen LogP contribution is 2.25. The van der Waals surface area contributed by atoms with Crippen molar-refractivity contribution in [1.29, 1.82) is 0 Å². The number of benzene rings is 1. The third-order valence-corrected chi connectivity index (χ3v) is 3.67. The molecular weight excluding hydrogens is 299 g/mol. The van der Waals surface area contributed by atoms with Gasteiger partial charge in [-0.3, -0.25) is 0 Å². The Morgan fingerprint density at radius 2 is 2.24 bits per heavy atom. The van der Waals surface area contributed by atoms with Crippen molar-refractivity contribution in [2.24, 2.45) is 5.41 Å². The van der Waals surface area contributed by atoms with E-state index in [0.29, 0.717) is 25.3 Å². The molecule has 1 aromatic carbocycles. The molecular formula is C14H18ClFN2O3. The van der Waals surface area contributed by atoms with Crippen molar-refractivity contribution in [2.75, 3.05) is 26.3 Å². The summed E-state index contributed by atoms with van der Waals surface area (Å²) in [5, 5.41) is 15.1. The fourth-order valence-corrected chi connectivity index (χ4v) is 2.05. The van der Waals surface area contributed by atoms with Gasteiger partial charge in [-0.05, 0) is 17.7 Å². The Kier molecular flexibility index (Phi) is 5.03. The van der Waals surface area contributed by atoms with E-state index in [1.165, 1.54) is 12.1 Å². The van der Waals surface area contributed by atoms with Crippen LogP contribution in [0.3, 0.4) is 0 Å². The topological polar surface area (TPSA) is 70.6 Å². The van der Waals surface area contributed by atoms with E-state index in [9.17, 15) is 14.3 Å². The van der Waals surface area contributed by atoms with E-state index < -0.39 is 11.9 Å². The third-order valence-electron chi connectivity index (χ3n) is 3.36. The Morgan fingerprint density at radius 1 is 1.52 bits per heavy atom. The summed E-state index contributed by atoms with van der Waals surface area (Å²) in [6.45, 7) is 3.76. The number of nitrogens with one attached hydrogen (secondary N) is 2. The highest BCUT2D eigenvalue weighted by molar-refractivity contribution is 6.30. The molecule has 0 saturated carbocycles. The largest absolute Gasteiger partial charge is 0.387 e. The van der Waals surface area contributed by atoms with E-state index in [-0.39, 0.29) is 23.0 Å². The molecule has 0 aromatic heterocycles. The lowest BCUT2D eigenvalue weighted by molar-refractivity contribution is -0.0975. The van der Waals surface area contributed by atoms with Gasteiger partial charge < -0.3 is 20.5 Å². The Morgan fingerprint density at radius 3 is 2.81 bits per heavy atom. The van der Waals surface area contributed by atoms with E-state index in [1.807, 2.05) is 6.92 Å². The summed E-state index contributed by atoms with van der Waals surface area (Å²) >= 11 is 5.57. The van der Waals surface area contributed by atoms with E-state index in [0.717, 1.165) is 6.07 Å². The molecule has 1 fully saturated rings. The van der Waals surface area contributed by atoms with Gasteiger partial charge in [0.05, 0.1) is 24.3 Å². The van der Waals surface area contributed by atoms with Gasteiger partial charge in [-0.2, -0.15) is 0 Å². The second kappa shape index (κ2) is 6.60. The minimum Gasteiger partial charge on any atom is -0.387 e. The average Bonchev–Trinajstić information content (AvgIpc) is 2.43. The van der Waals surface area contributed by atoms with E-state index in [2.05, 4.69) is 10.6 Å². The predicted octanol–water partition coefficient (Wildman–Crippen LogP) is 1.85. The number of carbonyl (C=O) groups is 1. The summed E-state index contributed by atoms with van der Waals surface area (Å²) in [4.78, 5) is 11.6. The molecule has 1 heterocycles. The zero-order valence-electron chi connectivity index (χ0n) is 11.7. The van der Waals surface area contributed by atoms with Crippen LogP contribution >= 0.6 is 11.6 Å². The fraction of sp³-hybridized carbons (Fsp3) is 0.500. The summed E-state index contributed by atoms with van der Waals surface area (Å²) in [6, 6.07) is 3.66. The van der Waals surface area contributed by atoms with Gasteiger partial charge in [0.25, 0.3) is 0 Å². The van der Waals surface area contributed by atoms with Crippen LogP contribution < -0.4 is 10.6 Å². The average molecular weight is 317 g/mol. The van der Waals surface area contributed by atoms with Gasteiger partial charge in [0.1, 0.15) is 5.82 Å². The molecule has 1 saturated heterocycles. The molecule has 21 heavy (non-hydrogen) atoms. The standard InChI is InChI=1S/C14H18ClFN2O3/c1-14(7-21-8-14)6-18-13(20)17-5-12(19)9-2-3-10(15)11(16)4-9/h2-4,12,19H,5-8H2,1H3,(H2,17,18,20). The molecule has 0 radical (unpaired) electrons. The zero-order chi connectivity index (χ0) is 15.5. The highest BCUT2D eigenvalue weighted by atomic mass is 35.5. The zero-order valence-corrected chi connectivity index (χ0v) is 12.4. The second-order valence-corrected chi connectivity index (χ2v) is 5.96. The maximum Gasteiger partial charge on any atom is 0.314 e. The van der Waals surface area contributed by atoms with Crippen molar-refractivity contribution in [1.82, 2.24) is 10.6 Å². The van der Waals surface area contributed by atoms with Crippen LogP contribution in [0, 0.1) is 11.2 Å². The van der Waals surface area contributed by atoms with Crippen molar-refractivity contribution in [3.05, 3.63) is 34.6 Å². The summed E-state index contributed by atoms with van der Waals surface area (Å²) in [6.07, 6.45) is -0.995. The first-order valence-electron chi connectivity index (χ1n) is 6.62. The van der Waals surface area contributed by atoms with Crippen molar-refractivity contribution < 1.29 is 19.0 Å². The molecule has 2 amide bonds. The minimum atomic E-state index is -0.995. The number of halogens is 2. The quantitative estimate of drug-likeness (QED) is 0.776. The van der Waals surface area contributed by atoms with E-state index >= 15 is 0 Å². The van der Waals surface area contributed by atoms with Crippen LogP contribution in [0.5, 0.6) is 0 Å². The molecule has 1 aliphatic rings.